The average Bonchev–Trinajstić information content (AvgIpc) is 3.24. The number of hydrogen-bond acceptors (Lipinski definition) is 5. The number of fused-ring (bicyclic) bond motifs is 2. The van der Waals surface area contributed by atoms with Gasteiger partial charge >= 0.3 is 0 Å². The van der Waals surface area contributed by atoms with Gasteiger partial charge in [-0.05, 0) is 67.9 Å². The van der Waals surface area contributed by atoms with Crippen LogP contribution < -0.4 is 20.3 Å². The molecule has 3 aromatic rings. The number of carbonyl (C=O) groups is 1. The van der Waals surface area contributed by atoms with Crippen molar-refractivity contribution < 1.29 is 9.53 Å². The van der Waals surface area contributed by atoms with E-state index >= 15 is 0 Å². The molecule has 2 fully saturated rings. The number of piperidine rings is 1. The van der Waals surface area contributed by atoms with Crippen molar-refractivity contribution in [2.45, 2.75) is 6.42 Å². The predicted molar refractivity (Wildman–Crippen MR) is 128 cm³/mol. The summed E-state index contributed by atoms with van der Waals surface area (Å²) in [5.41, 5.74) is 3.87. The maximum atomic E-state index is 12.4. The van der Waals surface area contributed by atoms with Gasteiger partial charge in [0.2, 0.25) is 5.91 Å². The molecule has 2 N–H and O–H groups in total. The number of aromatic nitrogens is 1. The summed E-state index contributed by atoms with van der Waals surface area (Å²) in [4.78, 5) is 19.6. The smallest absolute Gasteiger partial charge is 0.225 e. The highest BCUT2D eigenvalue weighted by atomic mass is 35.5. The first-order chi connectivity index (χ1) is 15.6. The Kier molecular flexibility index (Phi) is 5.89. The molecule has 6 nitrogen and oxygen atoms in total. The van der Waals surface area contributed by atoms with Crippen LogP contribution in [0.5, 0.6) is 5.75 Å². The first-order valence-corrected chi connectivity index (χ1v) is 11.5. The highest BCUT2D eigenvalue weighted by Crippen LogP contribution is 2.38. The van der Waals surface area contributed by atoms with Crippen LogP contribution in [-0.2, 0) is 4.79 Å². The van der Waals surface area contributed by atoms with Gasteiger partial charge in [0.15, 0.2) is 0 Å². The Balaban J connectivity index is 1.50. The molecule has 1 aromatic heterocycles. The lowest BCUT2D eigenvalue weighted by Gasteiger charge is -2.23. The molecule has 2 aliphatic rings. The van der Waals surface area contributed by atoms with Crippen molar-refractivity contribution in [3.63, 3.8) is 0 Å². The maximum Gasteiger partial charge on any atom is 0.225 e. The van der Waals surface area contributed by atoms with Crippen LogP contribution in [0.1, 0.15) is 6.42 Å². The summed E-state index contributed by atoms with van der Waals surface area (Å²) in [5.74, 6) is 1.47. The summed E-state index contributed by atoms with van der Waals surface area (Å²) in [7, 11) is 1.91. The Bertz CT molecular complexity index is 1130. The quantitative estimate of drug-likeness (QED) is 0.560. The minimum atomic E-state index is 0.0526. The molecular weight excluding hydrogens is 424 g/mol. The van der Waals surface area contributed by atoms with Gasteiger partial charge in [0, 0.05) is 47.8 Å². The molecule has 2 aromatic carbocycles. The van der Waals surface area contributed by atoms with Crippen molar-refractivity contribution >= 4 is 34.1 Å². The van der Waals surface area contributed by atoms with Gasteiger partial charge in [0.05, 0.1) is 17.1 Å². The van der Waals surface area contributed by atoms with Crippen LogP contribution in [0.4, 0.5) is 5.69 Å². The second kappa shape index (κ2) is 8.96. The van der Waals surface area contributed by atoms with Crippen LogP contribution >= 0.6 is 11.6 Å². The minimum Gasteiger partial charge on any atom is -0.492 e. The van der Waals surface area contributed by atoms with E-state index in [9.17, 15) is 4.79 Å². The van der Waals surface area contributed by atoms with Crippen LogP contribution in [0.3, 0.4) is 0 Å². The number of ether oxygens (including phenoxy) is 1. The third kappa shape index (κ3) is 4.12. The van der Waals surface area contributed by atoms with E-state index in [0.29, 0.717) is 17.5 Å². The lowest BCUT2D eigenvalue weighted by atomic mass is 9.89. The van der Waals surface area contributed by atoms with Gasteiger partial charge in [-0.15, -0.1) is 0 Å². The van der Waals surface area contributed by atoms with E-state index in [4.69, 9.17) is 21.3 Å². The summed E-state index contributed by atoms with van der Waals surface area (Å²) in [6.07, 6.45) is 1.03. The number of rotatable bonds is 6. The van der Waals surface area contributed by atoms with Gasteiger partial charge in [0.25, 0.3) is 0 Å². The molecule has 0 aliphatic carbocycles. The molecule has 0 bridgehead atoms. The lowest BCUT2D eigenvalue weighted by Crippen LogP contribution is -2.41. The highest BCUT2D eigenvalue weighted by molar-refractivity contribution is 6.31. The minimum absolute atomic E-state index is 0.0526. The third-order valence-electron chi connectivity index (χ3n) is 6.45. The molecule has 2 unspecified atom stereocenters. The van der Waals surface area contributed by atoms with Crippen LogP contribution in [0.25, 0.3) is 22.2 Å². The zero-order valence-corrected chi connectivity index (χ0v) is 18.9. The molecule has 1 amide bonds. The molecule has 32 heavy (non-hydrogen) atoms. The Labute approximate surface area is 192 Å². The van der Waals surface area contributed by atoms with Crippen molar-refractivity contribution in [3.8, 4) is 17.0 Å². The van der Waals surface area contributed by atoms with Gasteiger partial charge in [-0.1, -0.05) is 11.6 Å². The van der Waals surface area contributed by atoms with Crippen molar-refractivity contribution in [1.82, 2.24) is 15.6 Å². The van der Waals surface area contributed by atoms with Crippen LogP contribution in [0, 0.1) is 11.8 Å². The van der Waals surface area contributed by atoms with Crippen molar-refractivity contribution in [1.29, 1.82) is 0 Å². The average molecular weight is 451 g/mol. The van der Waals surface area contributed by atoms with E-state index in [1.165, 1.54) is 0 Å². The Hall–Kier alpha value is -2.83. The Morgan fingerprint density at radius 1 is 1.19 bits per heavy atom. The first kappa shape index (κ1) is 21.0. The van der Waals surface area contributed by atoms with Crippen LogP contribution in [0.2, 0.25) is 5.02 Å². The standard InChI is InChI=1S/C25H27ClN4O2/c1-27-10-11-32-19-5-2-16(3-6-19)22-13-24(20-7-4-18(26)12-23(20)29-22)30-14-17-8-9-28-25(31)21(17)15-30/h2-7,12-13,17,21,27H,8-11,14-15H2,1H3,(H,28,31). The van der Waals surface area contributed by atoms with Crippen molar-refractivity contribution in [3.05, 3.63) is 53.6 Å². The van der Waals surface area contributed by atoms with Gasteiger partial charge in [-0.25, -0.2) is 4.98 Å². The molecule has 0 radical (unpaired) electrons. The van der Waals surface area contributed by atoms with Crippen LogP contribution in [0.15, 0.2) is 48.5 Å². The number of amides is 1. The van der Waals surface area contributed by atoms with E-state index in [-0.39, 0.29) is 11.8 Å². The molecule has 3 heterocycles. The summed E-state index contributed by atoms with van der Waals surface area (Å²) in [5, 5.41) is 7.82. The first-order valence-electron chi connectivity index (χ1n) is 11.1. The van der Waals surface area contributed by atoms with E-state index in [0.717, 1.165) is 66.2 Å². The fraction of sp³-hybridized carbons (Fsp3) is 0.360. The molecule has 5 rings (SSSR count). The number of likely N-dealkylation sites (N-methyl/N-ethyl adjacent to an activating group) is 1. The fourth-order valence-electron chi connectivity index (χ4n) is 4.75. The zero-order valence-electron chi connectivity index (χ0n) is 18.1. The second-order valence-corrected chi connectivity index (χ2v) is 8.95. The Morgan fingerprint density at radius 3 is 2.81 bits per heavy atom. The van der Waals surface area contributed by atoms with E-state index in [1.54, 1.807) is 0 Å². The molecule has 166 valence electrons. The predicted octanol–water partition coefficient (Wildman–Crippen LogP) is 3.73. The zero-order chi connectivity index (χ0) is 22.1. The van der Waals surface area contributed by atoms with Crippen molar-refractivity contribution in [2.24, 2.45) is 11.8 Å². The number of pyridine rings is 1. The highest BCUT2D eigenvalue weighted by Gasteiger charge is 2.40. The number of anilines is 1. The van der Waals surface area contributed by atoms with Gasteiger partial charge in [0.1, 0.15) is 12.4 Å². The molecule has 0 saturated carbocycles. The topological polar surface area (TPSA) is 66.5 Å². The summed E-state index contributed by atoms with van der Waals surface area (Å²) >= 11 is 6.30. The molecular formula is C25H27ClN4O2. The SMILES string of the molecule is CNCCOc1ccc(-c2cc(N3CC4CCNC(=O)C4C3)c3ccc(Cl)cc3n2)cc1. The monoisotopic (exact) mass is 450 g/mol. The van der Waals surface area contributed by atoms with E-state index < -0.39 is 0 Å². The lowest BCUT2D eigenvalue weighted by molar-refractivity contribution is -0.127. The number of carbonyl (C=O) groups excluding carboxylic acids is 1. The van der Waals surface area contributed by atoms with Crippen molar-refractivity contribution in [2.75, 3.05) is 44.7 Å². The third-order valence-corrected chi connectivity index (χ3v) is 6.69. The molecule has 0 spiro atoms. The summed E-state index contributed by atoms with van der Waals surface area (Å²) in [6.45, 7) is 3.81. The Morgan fingerprint density at radius 2 is 2.03 bits per heavy atom. The molecule has 2 saturated heterocycles. The number of hydrogen-bond donors (Lipinski definition) is 2. The second-order valence-electron chi connectivity index (χ2n) is 8.52. The normalized spacial score (nSPS) is 20.3. The molecule has 2 aliphatic heterocycles. The molecule has 2 atom stereocenters. The summed E-state index contributed by atoms with van der Waals surface area (Å²) < 4.78 is 5.75. The maximum absolute atomic E-state index is 12.4. The summed E-state index contributed by atoms with van der Waals surface area (Å²) in [6, 6.07) is 16.0. The molecule has 7 heteroatoms. The van der Waals surface area contributed by atoms with E-state index in [2.05, 4.69) is 21.6 Å². The number of benzene rings is 2. The van der Waals surface area contributed by atoms with E-state index in [1.807, 2.05) is 49.5 Å². The largest absolute Gasteiger partial charge is 0.492 e. The fourth-order valence-corrected chi connectivity index (χ4v) is 4.92. The number of nitrogens with one attached hydrogen (secondary N) is 2. The number of halogens is 1. The van der Waals surface area contributed by atoms with Crippen LogP contribution in [-0.4, -0.2) is 50.7 Å². The van der Waals surface area contributed by atoms with Gasteiger partial charge < -0.3 is 20.3 Å². The van der Waals surface area contributed by atoms with Gasteiger partial charge in [-0.3, -0.25) is 4.79 Å². The van der Waals surface area contributed by atoms with Gasteiger partial charge in [-0.2, -0.15) is 0 Å². The number of nitrogens with zero attached hydrogens (tertiary/aromatic N) is 2.